The van der Waals surface area contributed by atoms with Gasteiger partial charge in [-0.05, 0) is 19.1 Å². The first kappa shape index (κ1) is 15.7. The second kappa shape index (κ2) is 6.27. The van der Waals surface area contributed by atoms with Gasteiger partial charge < -0.3 is 5.11 Å². The van der Waals surface area contributed by atoms with E-state index in [1.807, 2.05) is 55.5 Å². The number of nitrogens with zero attached hydrogens (tertiary/aromatic N) is 2. The van der Waals surface area contributed by atoms with Crippen LogP contribution in [0.25, 0.3) is 22.2 Å². The number of rotatable bonds is 2. The van der Waals surface area contributed by atoms with E-state index in [0.717, 1.165) is 22.2 Å². The molecule has 5 heteroatoms. The van der Waals surface area contributed by atoms with Gasteiger partial charge in [-0.25, -0.2) is 10.0 Å². The number of aromatic nitrogens is 1. The minimum Gasteiger partial charge on any atom is -0.389 e. The molecule has 0 unspecified atom stereocenters. The van der Waals surface area contributed by atoms with Crippen LogP contribution in [0.5, 0.6) is 0 Å². The topological polar surface area (TPSA) is 62.7 Å². The number of pyridine rings is 1. The summed E-state index contributed by atoms with van der Waals surface area (Å²) in [5, 5.41) is 11.6. The Bertz CT molecular complexity index is 937. The molecule has 1 saturated heterocycles. The van der Waals surface area contributed by atoms with Crippen LogP contribution in [0.15, 0.2) is 54.6 Å². The summed E-state index contributed by atoms with van der Waals surface area (Å²) < 4.78 is 0. The Labute approximate surface area is 145 Å². The quantitative estimate of drug-likeness (QED) is 0.783. The third kappa shape index (κ3) is 2.99. The Morgan fingerprint density at radius 1 is 1.20 bits per heavy atom. The van der Waals surface area contributed by atoms with Crippen molar-refractivity contribution in [1.82, 2.24) is 10.0 Å². The highest BCUT2D eigenvalue weighted by Gasteiger charge is 2.28. The maximum absolute atomic E-state index is 12.9. The first-order valence-corrected chi connectivity index (χ1v) is 8.21. The van der Waals surface area contributed by atoms with Crippen LogP contribution in [-0.2, 0) is 4.84 Å². The number of hydroxylamine groups is 2. The zero-order chi connectivity index (χ0) is 17.4. The van der Waals surface area contributed by atoms with Gasteiger partial charge in [0.05, 0.1) is 23.3 Å². The number of hydrogen-bond donors (Lipinski definition) is 1. The lowest BCUT2D eigenvalue weighted by Crippen LogP contribution is -2.28. The highest BCUT2D eigenvalue weighted by molar-refractivity contribution is 6.06. The lowest BCUT2D eigenvalue weighted by atomic mass is 10.0. The number of β-amino-alcohol motifs (C(OH)–C–C–N with tert-alkyl or cyclic N) is 1. The van der Waals surface area contributed by atoms with Crippen molar-refractivity contribution >= 4 is 16.8 Å². The van der Waals surface area contributed by atoms with Crippen molar-refractivity contribution in [2.24, 2.45) is 0 Å². The molecule has 3 aromatic rings. The van der Waals surface area contributed by atoms with E-state index in [1.54, 1.807) is 6.07 Å². The van der Waals surface area contributed by atoms with Crippen LogP contribution in [0.4, 0.5) is 0 Å². The highest BCUT2D eigenvalue weighted by Crippen LogP contribution is 2.26. The Morgan fingerprint density at radius 2 is 1.96 bits per heavy atom. The Balaban J connectivity index is 1.84. The molecule has 1 aliphatic heterocycles. The summed E-state index contributed by atoms with van der Waals surface area (Å²) in [5.41, 5.74) is 4.13. The number of aliphatic hydroxyl groups is 1. The first-order valence-electron chi connectivity index (χ1n) is 8.21. The third-order valence-electron chi connectivity index (χ3n) is 4.32. The number of aryl methyl sites for hydroxylation is 1. The normalized spacial score (nSPS) is 17.2. The predicted molar refractivity (Wildman–Crippen MR) is 94.9 cm³/mol. The first-order chi connectivity index (χ1) is 12.1. The number of carbonyl (C=O) groups is 1. The van der Waals surface area contributed by atoms with E-state index < -0.39 is 6.10 Å². The molecule has 0 spiro atoms. The summed E-state index contributed by atoms with van der Waals surface area (Å²) in [7, 11) is 0. The van der Waals surface area contributed by atoms with Crippen LogP contribution in [0, 0.1) is 6.92 Å². The van der Waals surface area contributed by atoms with E-state index in [0.29, 0.717) is 5.56 Å². The monoisotopic (exact) mass is 334 g/mol. The smallest absolute Gasteiger partial charge is 0.278 e. The van der Waals surface area contributed by atoms with Crippen molar-refractivity contribution in [2.75, 3.05) is 13.2 Å². The fourth-order valence-electron chi connectivity index (χ4n) is 2.97. The van der Waals surface area contributed by atoms with Crippen LogP contribution in [0.2, 0.25) is 0 Å². The Morgan fingerprint density at radius 3 is 2.68 bits per heavy atom. The SMILES string of the molecule is Cc1ccc(-c2cc(C(=O)N3C[C@H](O)CO3)c3ccccc3n2)cc1. The maximum atomic E-state index is 12.9. The summed E-state index contributed by atoms with van der Waals surface area (Å²) in [5.74, 6) is -0.261. The largest absolute Gasteiger partial charge is 0.389 e. The van der Waals surface area contributed by atoms with E-state index in [1.165, 1.54) is 10.6 Å². The molecule has 0 bridgehead atoms. The van der Waals surface area contributed by atoms with Crippen LogP contribution < -0.4 is 0 Å². The minimum absolute atomic E-state index is 0.138. The van der Waals surface area contributed by atoms with Crippen LogP contribution in [0.3, 0.4) is 0 Å². The van der Waals surface area contributed by atoms with E-state index >= 15 is 0 Å². The number of hydrogen-bond acceptors (Lipinski definition) is 4. The highest BCUT2D eigenvalue weighted by atomic mass is 16.7. The molecule has 25 heavy (non-hydrogen) atoms. The summed E-state index contributed by atoms with van der Waals surface area (Å²) >= 11 is 0. The van der Waals surface area contributed by atoms with E-state index in [4.69, 9.17) is 9.82 Å². The molecule has 1 fully saturated rings. The van der Waals surface area contributed by atoms with Gasteiger partial charge >= 0.3 is 0 Å². The number of fused-ring (bicyclic) bond motifs is 1. The molecule has 2 heterocycles. The van der Waals surface area contributed by atoms with Crippen molar-refractivity contribution in [2.45, 2.75) is 13.0 Å². The lowest BCUT2D eigenvalue weighted by Gasteiger charge is -2.16. The molecule has 5 nitrogen and oxygen atoms in total. The van der Waals surface area contributed by atoms with Crippen LogP contribution in [-0.4, -0.2) is 40.3 Å². The number of benzene rings is 2. The number of carbonyl (C=O) groups excluding carboxylic acids is 1. The summed E-state index contributed by atoms with van der Waals surface area (Å²) in [4.78, 5) is 22.9. The molecule has 1 atom stereocenters. The molecule has 2 aromatic carbocycles. The van der Waals surface area contributed by atoms with Gasteiger partial charge in [0.15, 0.2) is 0 Å². The zero-order valence-corrected chi connectivity index (χ0v) is 13.8. The molecule has 0 radical (unpaired) electrons. The lowest BCUT2D eigenvalue weighted by molar-refractivity contribution is -0.0778. The summed E-state index contributed by atoms with van der Waals surface area (Å²) in [6.07, 6.45) is -0.645. The average molecular weight is 334 g/mol. The summed E-state index contributed by atoms with van der Waals surface area (Å²) in [6.45, 7) is 2.34. The third-order valence-corrected chi connectivity index (χ3v) is 4.32. The van der Waals surface area contributed by atoms with Crippen molar-refractivity contribution in [3.05, 3.63) is 65.7 Å². The number of amides is 1. The molecule has 4 rings (SSSR count). The van der Waals surface area contributed by atoms with E-state index in [2.05, 4.69) is 0 Å². The zero-order valence-electron chi connectivity index (χ0n) is 13.8. The predicted octanol–water partition coefficient (Wildman–Crippen LogP) is 2.96. The van der Waals surface area contributed by atoms with Crippen molar-refractivity contribution in [1.29, 1.82) is 0 Å². The standard InChI is InChI=1S/C20H18N2O3/c1-13-6-8-14(9-7-13)19-10-17(16-4-2-3-5-18(16)21-19)20(24)22-11-15(23)12-25-22/h2-10,15,23H,11-12H2,1H3/t15-/m0/s1. The van der Waals surface area contributed by atoms with Gasteiger partial charge in [0, 0.05) is 10.9 Å². The van der Waals surface area contributed by atoms with Gasteiger partial charge in [0.25, 0.3) is 5.91 Å². The van der Waals surface area contributed by atoms with Gasteiger partial charge in [-0.3, -0.25) is 9.63 Å². The van der Waals surface area contributed by atoms with Gasteiger partial charge in [0.2, 0.25) is 0 Å². The maximum Gasteiger partial charge on any atom is 0.278 e. The number of para-hydroxylation sites is 1. The fourth-order valence-corrected chi connectivity index (χ4v) is 2.97. The second-order valence-electron chi connectivity index (χ2n) is 6.25. The molecular formula is C20H18N2O3. The molecule has 1 aromatic heterocycles. The molecular weight excluding hydrogens is 316 g/mol. The average Bonchev–Trinajstić information content (AvgIpc) is 3.07. The molecule has 1 amide bonds. The molecule has 0 saturated carbocycles. The fraction of sp³-hybridized carbons (Fsp3) is 0.200. The van der Waals surface area contributed by atoms with Crippen molar-refractivity contribution in [3.8, 4) is 11.3 Å². The van der Waals surface area contributed by atoms with Gasteiger partial charge in [0.1, 0.15) is 12.7 Å². The van der Waals surface area contributed by atoms with Crippen molar-refractivity contribution in [3.63, 3.8) is 0 Å². The van der Waals surface area contributed by atoms with E-state index in [9.17, 15) is 9.90 Å². The second-order valence-corrected chi connectivity index (χ2v) is 6.25. The molecule has 0 aliphatic carbocycles. The van der Waals surface area contributed by atoms with Crippen LogP contribution >= 0.6 is 0 Å². The van der Waals surface area contributed by atoms with Gasteiger partial charge in [-0.2, -0.15) is 0 Å². The van der Waals surface area contributed by atoms with Gasteiger partial charge in [-0.15, -0.1) is 0 Å². The minimum atomic E-state index is -0.645. The summed E-state index contributed by atoms with van der Waals surface area (Å²) in [6, 6.07) is 17.4. The molecule has 1 aliphatic rings. The van der Waals surface area contributed by atoms with Crippen molar-refractivity contribution < 1.29 is 14.7 Å². The van der Waals surface area contributed by atoms with Crippen LogP contribution in [0.1, 0.15) is 15.9 Å². The van der Waals surface area contributed by atoms with E-state index in [-0.39, 0.29) is 19.1 Å². The van der Waals surface area contributed by atoms with Gasteiger partial charge in [-0.1, -0.05) is 48.0 Å². The Kier molecular flexibility index (Phi) is 3.95. The molecule has 1 N–H and O–H groups in total. The Hall–Kier alpha value is -2.76. The number of aliphatic hydroxyl groups excluding tert-OH is 1. The molecule has 126 valence electrons.